The van der Waals surface area contributed by atoms with Crippen molar-refractivity contribution >= 4 is 5.91 Å². The highest BCUT2D eigenvalue weighted by molar-refractivity contribution is 5.82. The monoisotopic (exact) mass is 328 g/mol. The summed E-state index contributed by atoms with van der Waals surface area (Å²) in [7, 11) is 0. The lowest BCUT2D eigenvalue weighted by Crippen LogP contribution is -2.50. The molecule has 0 radical (unpaired) electrons. The minimum absolute atomic E-state index is 0.0957. The molecule has 3 aliphatic heterocycles. The average Bonchev–Trinajstić information content (AvgIpc) is 3.02. The van der Waals surface area contributed by atoms with Crippen molar-refractivity contribution in [2.24, 2.45) is 0 Å². The van der Waals surface area contributed by atoms with E-state index in [-0.39, 0.29) is 6.04 Å². The van der Waals surface area contributed by atoms with Crippen molar-refractivity contribution in [2.75, 3.05) is 26.3 Å². The van der Waals surface area contributed by atoms with Crippen LogP contribution < -0.4 is 0 Å². The van der Waals surface area contributed by atoms with Crippen LogP contribution in [0.15, 0.2) is 24.3 Å². The maximum Gasteiger partial charge on any atom is 0.240 e. The van der Waals surface area contributed by atoms with Gasteiger partial charge >= 0.3 is 0 Å². The average molecular weight is 328 g/mol. The number of fused-ring (bicyclic) bond motifs is 1. The molecule has 0 aliphatic carbocycles. The number of ether oxygens (including phenoxy) is 1. The van der Waals surface area contributed by atoms with Gasteiger partial charge in [0.1, 0.15) is 0 Å². The van der Waals surface area contributed by atoms with Gasteiger partial charge in [-0.05, 0) is 56.2 Å². The first-order valence-electron chi connectivity index (χ1n) is 9.52. The summed E-state index contributed by atoms with van der Waals surface area (Å²) in [6, 6.07) is 9.24. The van der Waals surface area contributed by atoms with Gasteiger partial charge < -0.3 is 9.64 Å². The number of aryl methyl sites for hydroxylation is 1. The smallest absolute Gasteiger partial charge is 0.240 e. The quantitative estimate of drug-likeness (QED) is 0.837. The van der Waals surface area contributed by atoms with Gasteiger partial charge in [0, 0.05) is 32.3 Å². The minimum Gasteiger partial charge on any atom is -0.381 e. The number of hydrogen-bond acceptors (Lipinski definition) is 3. The fourth-order valence-electron chi connectivity index (χ4n) is 4.61. The van der Waals surface area contributed by atoms with Crippen LogP contribution in [-0.2, 0) is 22.5 Å². The van der Waals surface area contributed by atoms with E-state index in [9.17, 15) is 4.79 Å². The van der Waals surface area contributed by atoms with E-state index >= 15 is 0 Å². The molecule has 24 heavy (non-hydrogen) atoms. The molecule has 0 saturated carbocycles. The zero-order chi connectivity index (χ0) is 16.4. The van der Waals surface area contributed by atoms with Gasteiger partial charge in [0.05, 0.1) is 6.04 Å². The summed E-state index contributed by atoms with van der Waals surface area (Å²) in [6.07, 6.45) is 6.49. The third-order valence-corrected chi connectivity index (χ3v) is 5.90. The van der Waals surface area contributed by atoms with Crippen LogP contribution in [0.4, 0.5) is 0 Å². The van der Waals surface area contributed by atoms with Crippen LogP contribution in [0.25, 0.3) is 0 Å². The Morgan fingerprint density at radius 2 is 1.79 bits per heavy atom. The number of amides is 1. The van der Waals surface area contributed by atoms with Crippen molar-refractivity contribution in [1.82, 2.24) is 9.80 Å². The molecule has 2 saturated heterocycles. The Bertz CT molecular complexity index is 583. The molecular formula is C20H28N2O2. The molecule has 3 heterocycles. The largest absolute Gasteiger partial charge is 0.381 e. The number of hydrogen-bond donors (Lipinski definition) is 0. The van der Waals surface area contributed by atoms with E-state index in [0.29, 0.717) is 11.9 Å². The van der Waals surface area contributed by atoms with Crippen molar-refractivity contribution < 1.29 is 9.53 Å². The molecule has 0 bridgehead atoms. The van der Waals surface area contributed by atoms with Gasteiger partial charge in [0.25, 0.3) is 0 Å². The second-order valence-electron chi connectivity index (χ2n) is 7.37. The van der Waals surface area contributed by atoms with Crippen molar-refractivity contribution in [3.63, 3.8) is 0 Å². The highest BCUT2D eigenvalue weighted by Crippen LogP contribution is 2.28. The number of nitrogens with zero attached hydrogens (tertiary/aromatic N) is 2. The topological polar surface area (TPSA) is 32.8 Å². The molecule has 1 aromatic carbocycles. The van der Waals surface area contributed by atoms with Crippen LogP contribution >= 0.6 is 0 Å². The number of likely N-dealkylation sites (tertiary alicyclic amines) is 1. The maximum atomic E-state index is 13.3. The lowest BCUT2D eigenvalue weighted by atomic mass is 10.0. The lowest BCUT2D eigenvalue weighted by molar-refractivity contribution is -0.138. The van der Waals surface area contributed by atoms with Crippen LogP contribution in [0.3, 0.4) is 0 Å². The van der Waals surface area contributed by atoms with Gasteiger partial charge in [-0.1, -0.05) is 24.3 Å². The number of rotatable bonds is 2. The van der Waals surface area contributed by atoms with E-state index in [1.54, 1.807) is 0 Å². The molecule has 130 valence electrons. The molecule has 4 heteroatoms. The van der Waals surface area contributed by atoms with Crippen LogP contribution in [0.2, 0.25) is 0 Å². The van der Waals surface area contributed by atoms with Gasteiger partial charge in [-0.2, -0.15) is 0 Å². The lowest BCUT2D eigenvalue weighted by Gasteiger charge is -2.36. The molecule has 2 fully saturated rings. The second-order valence-corrected chi connectivity index (χ2v) is 7.37. The third-order valence-electron chi connectivity index (χ3n) is 5.90. The Hall–Kier alpha value is -1.39. The number of benzene rings is 1. The minimum atomic E-state index is 0.0957. The first kappa shape index (κ1) is 16.1. The Balaban J connectivity index is 1.48. The molecule has 0 spiro atoms. The second kappa shape index (κ2) is 7.24. The Morgan fingerprint density at radius 1 is 1.00 bits per heavy atom. The Labute approximate surface area is 144 Å². The first-order chi connectivity index (χ1) is 11.8. The molecule has 3 aliphatic rings. The van der Waals surface area contributed by atoms with Crippen molar-refractivity contribution in [3.05, 3.63) is 35.4 Å². The Kier molecular flexibility index (Phi) is 4.86. The highest BCUT2D eigenvalue weighted by atomic mass is 16.5. The van der Waals surface area contributed by atoms with E-state index < -0.39 is 0 Å². The normalized spacial score (nSPS) is 26.2. The van der Waals surface area contributed by atoms with Crippen molar-refractivity contribution in [2.45, 2.75) is 57.2 Å². The van der Waals surface area contributed by atoms with Crippen LogP contribution in [0.5, 0.6) is 0 Å². The SMILES string of the molecule is O=C(C1CCCN1C1CCOCC1)N1CCCc2ccccc2C1. The zero-order valence-corrected chi connectivity index (χ0v) is 14.5. The Morgan fingerprint density at radius 3 is 2.62 bits per heavy atom. The molecule has 1 aromatic rings. The van der Waals surface area contributed by atoms with Gasteiger partial charge in [0.2, 0.25) is 5.91 Å². The zero-order valence-electron chi connectivity index (χ0n) is 14.5. The molecule has 4 rings (SSSR count). The van der Waals surface area contributed by atoms with E-state index in [4.69, 9.17) is 4.74 Å². The van der Waals surface area contributed by atoms with Gasteiger partial charge in [-0.25, -0.2) is 0 Å². The molecule has 1 atom stereocenters. The molecule has 4 nitrogen and oxygen atoms in total. The van der Waals surface area contributed by atoms with E-state index in [1.165, 1.54) is 11.1 Å². The predicted molar refractivity (Wildman–Crippen MR) is 93.7 cm³/mol. The summed E-state index contributed by atoms with van der Waals surface area (Å²) in [5.74, 6) is 0.357. The summed E-state index contributed by atoms with van der Waals surface area (Å²) < 4.78 is 5.50. The van der Waals surface area contributed by atoms with Crippen molar-refractivity contribution in [3.8, 4) is 0 Å². The van der Waals surface area contributed by atoms with Gasteiger partial charge in [-0.15, -0.1) is 0 Å². The molecule has 1 amide bonds. The molecular weight excluding hydrogens is 300 g/mol. The molecule has 0 aromatic heterocycles. The summed E-state index contributed by atoms with van der Waals surface area (Å²) in [5, 5.41) is 0. The van der Waals surface area contributed by atoms with Gasteiger partial charge in [-0.3, -0.25) is 9.69 Å². The first-order valence-corrected chi connectivity index (χ1v) is 9.52. The standard InChI is InChI=1S/C20H28N2O2/c23-20(19-8-4-12-22(19)18-9-13-24-14-10-18)21-11-3-7-16-5-1-2-6-17(16)15-21/h1-2,5-6,18-19H,3-4,7-15H2. The summed E-state index contributed by atoms with van der Waals surface area (Å²) in [5.41, 5.74) is 2.75. The van der Waals surface area contributed by atoms with Crippen LogP contribution in [-0.4, -0.2) is 54.1 Å². The fourth-order valence-corrected chi connectivity index (χ4v) is 4.61. The maximum absolute atomic E-state index is 13.3. The summed E-state index contributed by atoms with van der Waals surface area (Å²) in [6.45, 7) is 4.45. The van der Waals surface area contributed by atoms with E-state index in [0.717, 1.165) is 71.4 Å². The van der Waals surface area contributed by atoms with Crippen molar-refractivity contribution in [1.29, 1.82) is 0 Å². The third kappa shape index (κ3) is 3.22. The summed E-state index contributed by atoms with van der Waals surface area (Å²) in [4.78, 5) is 17.9. The molecule has 0 N–H and O–H groups in total. The number of carbonyl (C=O) groups excluding carboxylic acids is 1. The van der Waals surface area contributed by atoms with Gasteiger partial charge in [0.15, 0.2) is 0 Å². The van der Waals surface area contributed by atoms with E-state index in [2.05, 4.69) is 34.1 Å². The fraction of sp³-hybridized carbons (Fsp3) is 0.650. The highest BCUT2D eigenvalue weighted by Gasteiger charge is 2.38. The summed E-state index contributed by atoms with van der Waals surface area (Å²) >= 11 is 0. The molecule has 1 unspecified atom stereocenters. The number of carbonyl (C=O) groups is 1. The van der Waals surface area contributed by atoms with E-state index in [1.807, 2.05) is 0 Å². The predicted octanol–water partition coefficient (Wildman–Crippen LogP) is 2.60. The van der Waals surface area contributed by atoms with Crippen LogP contribution in [0, 0.1) is 0 Å². The van der Waals surface area contributed by atoms with Crippen LogP contribution in [0.1, 0.15) is 43.2 Å².